The summed E-state index contributed by atoms with van der Waals surface area (Å²) in [7, 11) is 0. The van der Waals surface area contributed by atoms with Gasteiger partial charge < -0.3 is 16.0 Å². The van der Waals surface area contributed by atoms with E-state index in [1.165, 1.54) is 0 Å². The minimum absolute atomic E-state index is 0.204. The molecule has 82 valence electrons. The van der Waals surface area contributed by atoms with E-state index in [4.69, 9.17) is 5.73 Å². The molecule has 0 saturated carbocycles. The van der Waals surface area contributed by atoms with E-state index < -0.39 is 0 Å². The van der Waals surface area contributed by atoms with Gasteiger partial charge in [0.2, 0.25) is 5.91 Å². The summed E-state index contributed by atoms with van der Waals surface area (Å²) in [6, 6.07) is 0.552. The van der Waals surface area contributed by atoms with E-state index in [0.29, 0.717) is 18.4 Å². The van der Waals surface area contributed by atoms with Crippen molar-refractivity contribution in [3.63, 3.8) is 0 Å². The fourth-order valence-corrected chi connectivity index (χ4v) is 1.76. The summed E-state index contributed by atoms with van der Waals surface area (Å²) >= 11 is 0. The fourth-order valence-electron chi connectivity index (χ4n) is 1.76. The first-order chi connectivity index (χ1) is 6.59. The van der Waals surface area contributed by atoms with Gasteiger partial charge >= 0.3 is 0 Å². The van der Waals surface area contributed by atoms with Crippen LogP contribution >= 0.6 is 0 Å². The lowest BCUT2D eigenvalue weighted by Crippen LogP contribution is -2.53. The molecule has 0 aromatic rings. The number of piperazine rings is 1. The third kappa shape index (κ3) is 3.64. The fraction of sp³-hybridized carbons (Fsp3) is 0.900. The Morgan fingerprint density at radius 1 is 1.64 bits per heavy atom. The van der Waals surface area contributed by atoms with E-state index in [-0.39, 0.29) is 5.91 Å². The molecule has 0 bridgehead atoms. The standard InChI is InChI=1S/C10H21N3O/c1-8(2)9-7-13(6-4-12-9)5-3-10(11)14/h8-9,12H,3-7H2,1-2H3,(H2,11,14). The normalized spacial score (nSPS) is 24.1. The van der Waals surface area contributed by atoms with Gasteiger partial charge in [0, 0.05) is 38.6 Å². The average Bonchev–Trinajstić information content (AvgIpc) is 2.15. The highest BCUT2D eigenvalue weighted by Gasteiger charge is 2.21. The van der Waals surface area contributed by atoms with Crippen LogP contribution in [0.2, 0.25) is 0 Å². The molecule has 0 aromatic carbocycles. The second-order valence-corrected chi connectivity index (χ2v) is 4.32. The van der Waals surface area contributed by atoms with Gasteiger partial charge in [-0.1, -0.05) is 13.8 Å². The van der Waals surface area contributed by atoms with Crippen molar-refractivity contribution in [2.45, 2.75) is 26.3 Å². The second-order valence-electron chi connectivity index (χ2n) is 4.32. The molecule has 4 heteroatoms. The summed E-state index contributed by atoms with van der Waals surface area (Å²) in [5, 5.41) is 3.48. The number of nitrogens with one attached hydrogen (secondary N) is 1. The Labute approximate surface area is 85.8 Å². The Balaban J connectivity index is 2.29. The summed E-state index contributed by atoms with van der Waals surface area (Å²) in [6.07, 6.45) is 0.477. The molecular weight excluding hydrogens is 178 g/mol. The zero-order chi connectivity index (χ0) is 10.6. The Bertz CT molecular complexity index is 194. The number of amides is 1. The van der Waals surface area contributed by atoms with Gasteiger partial charge in [-0.05, 0) is 5.92 Å². The van der Waals surface area contributed by atoms with Crippen LogP contribution in [-0.4, -0.2) is 43.0 Å². The largest absolute Gasteiger partial charge is 0.370 e. The lowest BCUT2D eigenvalue weighted by atomic mass is 10.0. The smallest absolute Gasteiger partial charge is 0.218 e. The Kier molecular flexibility index (Phi) is 4.35. The van der Waals surface area contributed by atoms with Crippen LogP contribution in [0, 0.1) is 5.92 Å². The highest BCUT2D eigenvalue weighted by molar-refractivity contribution is 5.73. The summed E-state index contributed by atoms with van der Waals surface area (Å²) in [4.78, 5) is 12.9. The zero-order valence-corrected chi connectivity index (χ0v) is 9.12. The van der Waals surface area contributed by atoms with Crippen LogP contribution in [0.1, 0.15) is 20.3 Å². The maximum atomic E-state index is 10.6. The van der Waals surface area contributed by atoms with Crippen LogP contribution in [0.3, 0.4) is 0 Å². The summed E-state index contributed by atoms with van der Waals surface area (Å²) in [5.74, 6) is 0.441. The first-order valence-corrected chi connectivity index (χ1v) is 5.33. The van der Waals surface area contributed by atoms with Gasteiger partial charge in [0.05, 0.1) is 0 Å². The van der Waals surface area contributed by atoms with Gasteiger partial charge in [-0.2, -0.15) is 0 Å². The Hall–Kier alpha value is -0.610. The summed E-state index contributed by atoms with van der Waals surface area (Å²) < 4.78 is 0. The van der Waals surface area contributed by atoms with Crippen molar-refractivity contribution in [3.05, 3.63) is 0 Å². The van der Waals surface area contributed by atoms with E-state index in [0.717, 1.165) is 26.2 Å². The second kappa shape index (κ2) is 5.32. The molecule has 1 aliphatic rings. The van der Waals surface area contributed by atoms with Crippen molar-refractivity contribution in [2.24, 2.45) is 11.7 Å². The number of nitrogens with two attached hydrogens (primary N) is 1. The van der Waals surface area contributed by atoms with Gasteiger partial charge in [0.25, 0.3) is 0 Å². The number of carbonyl (C=O) groups is 1. The maximum absolute atomic E-state index is 10.6. The number of carbonyl (C=O) groups excluding carboxylic acids is 1. The molecule has 0 radical (unpaired) electrons. The molecular formula is C10H21N3O. The minimum atomic E-state index is -0.204. The van der Waals surface area contributed by atoms with Crippen molar-refractivity contribution in [2.75, 3.05) is 26.2 Å². The zero-order valence-electron chi connectivity index (χ0n) is 9.12. The number of rotatable bonds is 4. The lowest BCUT2D eigenvalue weighted by Gasteiger charge is -2.35. The first kappa shape index (κ1) is 11.5. The predicted octanol–water partition coefficient (Wildman–Crippen LogP) is -0.208. The van der Waals surface area contributed by atoms with Crippen molar-refractivity contribution < 1.29 is 4.79 Å². The van der Waals surface area contributed by atoms with E-state index in [2.05, 4.69) is 24.1 Å². The number of primary amides is 1. The molecule has 1 rings (SSSR count). The predicted molar refractivity (Wildman–Crippen MR) is 56.9 cm³/mol. The summed E-state index contributed by atoms with van der Waals surface area (Å²) in [5.41, 5.74) is 5.12. The molecule has 1 aliphatic heterocycles. The van der Waals surface area contributed by atoms with Gasteiger partial charge in [-0.3, -0.25) is 4.79 Å². The van der Waals surface area contributed by atoms with Crippen LogP contribution < -0.4 is 11.1 Å². The van der Waals surface area contributed by atoms with Crippen LogP contribution in [0.25, 0.3) is 0 Å². The topological polar surface area (TPSA) is 58.4 Å². The highest BCUT2D eigenvalue weighted by atomic mass is 16.1. The molecule has 1 heterocycles. The van der Waals surface area contributed by atoms with E-state index in [9.17, 15) is 4.79 Å². The first-order valence-electron chi connectivity index (χ1n) is 5.33. The molecule has 1 atom stereocenters. The SMILES string of the molecule is CC(C)C1CN(CCC(N)=O)CCN1. The monoisotopic (exact) mass is 199 g/mol. The number of hydrogen-bond donors (Lipinski definition) is 2. The van der Waals surface area contributed by atoms with Crippen molar-refractivity contribution >= 4 is 5.91 Å². The van der Waals surface area contributed by atoms with Gasteiger partial charge in [-0.15, -0.1) is 0 Å². The molecule has 1 saturated heterocycles. The van der Waals surface area contributed by atoms with Crippen LogP contribution in [0.4, 0.5) is 0 Å². The molecule has 14 heavy (non-hydrogen) atoms. The van der Waals surface area contributed by atoms with Crippen LogP contribution in [-0.2, 0) is 4.79 Å². The minimum Gasteiger partial charge on any atom is -0.370 e. The van der Waals surface area contributed by atoms with Crippen molar-refractivity contribution in [1.82, 2.24) is 10.2 Å². The van der Waals surface area contributed by atoms with Crippen LogP contribution in [0.5, 0.6) is 0 Å². The lowest BCUT2D eigenvalue weighted by molar-refractivity contribution is -0.118. The molecule has 4 nitrogen and oxygen atoms in total. The molecule has 1 amide bonds. The average molecular weight is 199 g/mol. The highest BCUT2D eigenvalue weighted by Crippen LogP contribution is 2.08. The molecule has 1 unspecified atom stereocenters. The van der Waals surface area contributed by atoms with E-state index in [1.54, 1.807) is 0 Å². The Morgan fingerprint density at radius 3 is 2.93 bits per heavy atom. The van der Waals surface area contributed by atoms with Gasteiger partial charge in [0.15, 0.2) is 0 Å². The summed E-state index contributed by atoms with van der Waals surface area (Å²) in [6.45, 7) is 8.31. The molecule has 3 N–H and O–H groups in total. The number of nitrogens with zero attached hydrogens (tertiary/aromatic N) is 1. The van der Waals surface area contributed by atoms with E-state index >= 15 is 0 Å². The third-order valence-electron chi connectivity index (χ3n) is 2.77. The molecule has 0 aliphatic carbocycles. The van der Waals surface area contributed by atoms with Crippen molar-refractivity contribution in [3.8, 4) is 0 Å². The van der Waals surface area contributed by atoms with E-state index in [1.807, 2.05) is 0 Å². The number of hydrogen-bond acceptors (Lipinski definition) is 3. The Morgan fingerprint density at radius 2 is 2.36 bits per heavy atom. The van der Waals surface area contributed by atoms with Gasteiger partial charge in [-0.25, -0.2) is 0 Å². The van der Waals surface area contributed by atoms with Gasteiger partial charge in [0.1, 0.15) is 0 Å². The third-order valence-corrected chi connectivity index (χ3v) is 2.77. The quantitative estimate of drug-likeness (QED) is 0.659. The molecule has 0 aromatic heterocycles. The molecule has 0 spiro atoms. The maximum Gasteiger partial charge on any atom is 0.218 e. The molecule has 1 fully saturated rings. The van der Waals surface area contributed by atoms with Crippen molar-refractivity contribution in [1.29, 1.82) is 0 Å². The van der Waals surface area contributed by atoms with Crippen LogP contribution in [0.15, 0.2) is 0 Å².